The minimum absolute atomic E-state index is 0.104. The highest BCUT2D eigenvalue weighted by atomic mass is 35.5. The number of halogens is 1. The van der Waals surface area contributed by atoms with Crippen molar-refractivity contribution < 1.29 is 5.11 Å². The number of aliphatic hydroxyl groups is 1. The van der Waals surface area contributed by atoms with E-state index in [0.29, 0.717) is 11.4 Å². The molecule has 0 aliphatic rings. The van der Waals surface area contributed by atoms with Crippen molar-refractivity contribution in [1.82, 2.24) is 0 Å². The predicted octanol–water partition coefficient (Wildman–Crippen LogP) is 2.38. The van der Waals surface area contributed by atoms with Crippen LogP contribution < -0.4 is 0 Å². The predicted molar refractivity (Wildman–Crippen MR) is 54.8 cm³/mol. The molecule has 0 saturated carbocycles. The summed E-state index contributed by atoms with van der Waals surface area (Å²) in [6.07, 6.45) is 0.506. The fourth-order valence-electron chi connectivity index (χ4n) is 1.03. The molecule has 0 atom stereocenters. The van der Waals surface area contributed by atoms with Crippen molar-refractivity contribution in [2.75, 3.05) is 6.61 Å². The summed E-state index contributed by atoms with van der Waals surface area (Å²) in [5.41, 5.74) is 2.00. The Morgan fingerprint density at radius 1 is 1.38 bits per heavy atom. The first kappa shape index (κ1) is 10.1. The molecule has 0 spiro atoms. The Morgan fingerprint density at radius 3 is 2.77 bits per heavy atom. The Balaban J connectivity index is 2.85. The van der Waals surface area contributed by atoms with Crippen LogP contribution in [0, 0.1) is 18.8 Å². The minimum Gasteiger partial charge on any atom is -0.395 e. The average molecular weight is 195 g/mol. The summed E-state index contributed by atoms with van der Waals surface area (Å²) in [6.45, 7) is 2.08. The maximum Gasteiger partial charge on any atom is 0.0540 e. The average Bonchev–Trinajstić information content (AvgIpc) is 2.03. The molecule has 68 valence electrons. The van der Waals surface area contributed by atoms with E-state index < -0.39 is 0 Å². The zero-order valence-electron chi connectivity index (χ0n) is 7.47. The molecule has 2 heteroatoms. The van der Waals surface area contributed by atoms with Crippen LogP contribution in [0.2, 0.25) is 5.02 Å². The van der Waals surface area contributed by atoms with Crippen LogP contribution in [0.15, 0.2) is 18.2 Å². The fourth-order valence-corrected chi connectivity index (χ4v) is 1.32. The molecule has 0 amide bonds. The molecule has 0 aliphatic carbocycles. The number of hydrogen-bond acceptors (Lipinski definition) is 1. The minimum atomic E-state index is 0.104. The van der Waals surface area contributed by atoms with E-state index in [0.717, 1.165) is 11.1 Å². The van der Waals surface area contributed by atoms with Crippen molar-refractivity contribution in [2.45, 2.75) is 13.3 Å². The lowest BCUT2D eigenvalue weighted by molar-refractivity contribution is 0.305. The van der Waals surface area contributed by atoms with Gasteiger partial charge in [-0.25, -0.2) is 0 Å². The fraction of sp³-hybridized carbons (Fsp3) is 0.273. The molecule has 1 nitrogen and oxygen atoms in total. The van der Waals surface area contributed by atoms with Crippen LogP contribution in [-0.2, 0) is 0 Å². The van der Waals surface area contributed by atoms with Crippen molar-refractivity contribution in [2.24, 2.45) is 0 Å². The van der Waals surface area contributed by atoms with E-state index in [4.69, 9.17) is 16.7 Å². The second-order valence-corrected chi connectivity index (χ2v) is 3.23. The van der Waals surface area contributed by atoms with Crippen LogP contribution in [0.4, 0.5) is 0 Å². The molecule has 0 unspecified atom stereocenters. The summed E-state index contributed by atoms with van der Waals surface area (Å²) < 4.78 is 0. The molecule has 0 aliphatic heterocycles. The highest BCUT2D eigenvalue weighted by Crippen LogP contribution is 2.13. The number of benzene rings is 1. The summed E-state index contributed by atoms with van der Waals surface area (Å²) in [5, 5.41) is 9.23. The van der Waals surface area contributed by atoms with Crippen LogP contribution in [0.1, 0.15) is 17.5 Å². The zero-order chi connectivity index (χ0) is 9.68. The normalized spacial score (nSPS) is 9.15. The summed E-state index contributed by atoms with van der Waals surface area (Å²) in [5.74, 6) is 5.78. The molecule has 0 radical (unpaired) electrons. The van der Waals surface area contributed by atoms with Gasteiger partial charge in [-0.3, -0.25) is 0 Å². The van der Waals surface area contributed by atoms with Gasteiger partial charge < -0.3 is 5.11 Å². The van der Waals surface area contributed by atoms with E-state index in [1.54, 1.807) is 0 Å². The Hall–Kier alpha value is -0.970. The highest BCUT2D eigenvalue weighted by Gasteiger charge is 1.92. The van der Waals surface area contributed by atoms with Gasteiger partial charge in [0.05, 0.1) is 6.61 Å². The van der Waals surface area contributed by atoms with E-state index in [1.165, 1.54) is 0 Å². The molecule has 1 N–H and O–H groups in total. The Labute approximate surface area is 83.4 Å². The molecular weight excluding hydrogens is 184 g/mol. The van der Waals surface area contributed by atoms with Crippen LogP contribution in [0.5, 0.6) is 0 Å². The van der Waals surface area contributed by atoms with E-state index in [-0.39, 0.29) is 6.61 Å². The molecule has 0 heterocycles. The van der Waals surface area contributed by atoms with Crippen LogP contribution in [0.25, 0.3) is 0 Å². The van der Waals surface area contributed by atoms with E-state index in [1.807, 2.05) is 25.1 Å². The molecule has 0 aromatic heterocycles. The molecular formula is C11H11ClO. The Morgan fingerprint density at radius 2 is 2.15 bits per heavy atom. The van der Waals surface area contributed by atoms with Gasteiger partial charge in [-0.2, -0.15) is 0 Å². The van der Waals surface area contributed by atoms with E-state index in [2.05, 4.69) is 11.8 Å². The second kappa shape index (κ2) is 4.91. The molecule has 0 saturated heterocycles. The number of rotatable bonds is 1. The van der Waals surface area contributed by atoms with Crippen LogP contribution in [0.3, 0.4) is 0 Å². The van der Waals surface area contributed by atoms with Gasteiger partial charge in [0.25, 0.3) is 0 Å². The summed E-state index contributed by atoms with van der Waals surface area (Å²) in [7, 11) is 0. The molecule has 1 aromatic carbocycles. The molecule has 0 bridgehead atoms. The third-order valence-corrected chi connectivity index (χ3v) is 1.73. The van der Waals surface area contributed by atoms with Crippen molar-refractivity contribution in [3.8, 4) is 11.8 Å². The van der Waals surface area contributed by atoms with Crippen molar-refractivity contribution in [3.05, 3.63) is 34.3 Å². The summed E-state index contributed by atoms with van der Waals surface area (Å²) >= 11 is 5.85. The first-order valence-corrected chi connectivity index (χ1v) is 4.47. The van der Waals surface area contributed by atoms with Crippen molar-refractivity contribution in [1.29, 1.82) is 0 Å². The first-order valence-electron chi connectivity index (χ1n) is 4.09. The Bertz CT molecular complexity index is 327. The SMILES string of the molecule is Cc1cc(Cl)cc(C#CCCO)c1. The second-order valence-electron chi connectivity index (χ2n) is 2.79. The Kier molecular flexibility index (Phi) is 3.82. The summed E-state index contributed by atoms with van der Waals surface area (Å²) in [6, 6.07) is 5.67. The third kappa shape index (κ3) is 3.50. The number of aryl methyl sites for hydroxylation is 1. The smallest absolute Gasteiger partial charge is 0.0540 e. The standard InChI is InChI=1S/C11H11ClO/c1-9-6-10(4-2-3-5-13)8-11(12)7-9/h6-8,13H,3,5H2,1H3. The topological polar surface area (TPSA) is 20.2 Å². The molecule has 1 rings (SSSR count). The lowest BCUT2D eigenvalue weighted by Crippen LogP contribution is -1.80. The molecule has 1 aromatic rings. The lowest BCUT2D eigenvalue weighted by Gasteiger charge is -1.95. The van der Waals surface area contributed by atoms with Gasteiger partial charge in [-0.15, -0.1) is 0 Å². The highest BCUT2D eigenvalue weighted by molar-refractivity contribution is 6.30. The zero-order valence-corrected chi connectivity index (χ0v) is 8.23. The summed E-state index contributed by atoms with van der Waals surface area (Å²) in [4.78, 5) is 0. The lowest BCUT2D eigenvalue weighted by atomic mass is 10.1. The monoisotopic (exact) mass is 194 g/mol. The van der Waals surface area contributed by atoms with Crippen LogP contribution >= 0.6 is 11.6 Å². The van der Waals surface area contributed by atoms with E-state index in [9.17, 15) is 0 Å². The van der Waals surface area contributed by atoms with Crippen molar-refractivity contribution >= 4 is 11.6 Å². The molecule has 13 heavy (non-hydrogen) atoms. The van der Waals surface area contributed by atoms with Gasteiger partial charge in [-0.05, 0) is 30.7 Å². The van der Waals surface area contributed by atoms with E-state index >= 15 is 0 Å². The maximum absolute atomic E-state index is 8.52. The number of aliphatic hydroxyl groups excluding tert-OH is 1. The number of hydrogen-bond donors (Lipinski definition) is 1. The maximum atomic E-state index is 8.52. The largest absolute Gasteiger partial charge is 0.395 e. The quantitative estimate of drug-likeness (QED) is 0.681. The van der Waals surface area contributed by atoms with Gasteiger partial charge in [-0.1, -0.05) is 23.4 Å². The van der Waals surface area contributed by atoms with Gasteiger partial charge >= 0.3 is 0 Å². The van der Waals surface area contributed by atoms with Gasteiger partial charge in [0.1, 0.15) is 0 Å². The van der Waals surface area contributed by atoms with Gasteiger partial charge in [0.15, 0.2) is 0 Å². The van der Waals surface area contributed by atoms with Crippen molar-refractivity contribution in [3.63, 3.8) is 0 Å². The van der Waals surface area contributed by atoms with Gasteiger partial charge in [0.2, 0.25) is 0 Å². The van der Waals surface area contributed by atoms with Gasteiger partial charge in [0, 0.05) is 17.0 Å². The molecule has 0 fully saturated rings. The third-order valence-electron chi connectivity index (χ3n) is 1.51. The van der Waals surface area contributed by atoms with Crippen LogP contribution in [-0.4, -0.2) is 11.7 Å². The first-order chi connectivity index (χ1) is 6.22.